The van der Waals surface area contributed by atoms with E-state index in [1.807, 2.05) is 0 Å². The monoisotopic (exact) mass is 217 g/mol. The van der Waals surface area contributed by atoms with Crippen LogP contribution < -0.4 is 9.79 Å². The van der Waals surface area contributed by atoms with E-state index in [9.17, 15) is 8.42 Å². The Balaban J connectivity index is 3.02. The highest BCUT2D eigenvalue weighted by atomic mass is 32.2. The van der Waals surface area contributed by atoms with Gasteiger partial charge in [-0.25, -0.2) is 13.6 Å². The lowest BCUT2D eigenvalue weighted by Gasteiger charge is -2.05. The summed E-state index contributed by atoms with van der Waals surface area (Å²) in [4.78, 5) is -0.157. The first-order valence-corrected chi connectivity index (χ1v) is 5.10. The van der Waals surface area contributed by atoms with Crippen LogP contribution in [0.4, 0.5) is 0 Å². The Morgan fingerprint density at radius 3 is 2.50 bits per heavy atom. The fourth-order valence-electron chi connectivity index (χ4n) is 0.846. The molecule has 76 valence electrons. The van der Waals surface area contributed by atoms with Crippen LogP contribution in [-0.2, 0) is 10.0 Å². The number of sulfonamides is 1. The van der Waals surface area contributed by atoms with Crippen LogP contribution in [0.1, 0.15) is 0 Å². The maximum absolute atomic E-state index is 10.9. The molecule has 8 heteroatoms. The average Bonchev–Trinajstić information content (AvgIpc) is 2.01. The maximum Gasteiger partial charge on any atom is 0.707 e. The van der Waals surface area contributed by atoms with E-state index in [2.05, 4.69) is 4.65 Å². The summed E-state index contributed by atoms with van der Waals surface area (Å²) >= 11 is 0. The van der Waals surface area contributed by atoms with Crippen LogP contribution in [0.2, 0.25) is 0 Å². The average molecular weight is 217 g/mol. The van der Waals surface area contributed by atoms with Gasteiger partial charge in [0, 0.05) is 0 Å². The SMILES string of the molecule is NS(=O)(=O)c1cccc(OB(O)O)c1. The largest absolute Gasteiger partial charge is 0.707 e. The van der Waals surface area contributed by atoms with Crippen molar-refractivity contribution in [2.75, 3.05) is 0 Å². The lowest BCUT2D eigenvalue weighted by atomic mass is 10.2. The number of hydrogen-bond acceptors (Lipinski definition) is 5. The second-order valence-corrected chi connectivity index (χ2v) is 4.03. The van der Waals surface area contributed by atoms with E-state index >= 15 is 0 Å². The summed E-state index contributed by atoms with van der Waals surface area (Å²) in [5.41, 5.74) is 0. The lowest BCUT2D eigenvalue weighted by molar-refractivity contribution is 0.288. The molecular weight excluding hydrogens is 209 g/mol. The molecule has 0 amide bonds. The summed E-state index contributed by atoms with van der Waals surface area (Å²) in [7, 11) is -5.80. The Labute approximate surface area is 81.2 Å². The highest BCUT2D eigenvalue weighted by Crippen LogP contribution is 2.16. The van der Waals surface area contributed by atoms with Crippen molar-refractivity contribution in [1.29, 1.82) is 0 Å². The van der Waals surface area contributed by atoms with Crippen LogP contribution in [-0.4, -0.2) is 25.8 Å². The van der Waals surface area contributed by atoms with E-state index in [4.69, 9.17) is 15.2 Å². The van der Waals surface area contributed by atoms with Crippen molar-refractivity contribution >= 4 is 17.3 Å². The molecule has 0 unspecified atom stereocenters. The van der Waals surface area contributed by atoms with Gasteiger partial charge in [0.2, 0.25) is 10.0 Å². The molecule has 0 saturated heterocycles. The Hall–Kier alpha value is -1.09. The van der Waals surface area contributed by atoms with E-state index in [1.165, 1.54) is 18.2 Å². The summed E-state index contributed by atoms with van der Waals surface area (Å²) in [6.45, 7) is 0. The number of hydrogen-bond donors (Lipinski definition) is 3. The summed E-state index contributed by atoms with van der Waals surface area (Å²) in [5.74, 6) is 0.00604. The van der Waals surface area contributed by atoms with Crippen LogP contribution in [0.25, 0.3) is 0 Å². The minimum atomic E-state index is -3.80. The maximum atomic E-state index is 10.9. The Kier molecular flexibility index (Phi) is 3.12. The number of nitrogens with two attached hydrogens (primary N) is 1. The quantitative estimate of drug-likeness (QED) is 0.544. The van der Waals surface area contributed by atoms with Crippen molar-refractivity contribution in [1.82, 2.24) is 0 Å². The first-order valence-electron chi connectivity index (χ1n) is 3.55. The summed E-state index contributed by atoms with van der Waals surface area (Å²) < 4.78 is 26.2. The van der Waals surface area contributed by atoms with Crippen molar-refractivity contribution in [3.8, 4) is 5.75 Å². The minimum Gasteiger partial charge on any atom is -0.512 e. The molecule has 0 atom stereocenters. The molecule has 4 N–H and O–H groups in total. The van der Waals surface area contributed by atoms with Crippen LogP contribution in [0, 0.1) is 0 Å². The molecule has 14 heavy (non-hydrogen) atoms. The zero-order valence-electron chi connectivity index (χ0n) is 6.99. The zero-order valence-corrected chi connectivity index (χ0v) is 7.81. The molecule has 0 bridgehead atoms. The molecule has 0 heterocycles. The van der Waals surface area contributed by atoms with Gasteiger partial charge in [0.15, 0.2) is 0 Å². The first kappa shape index (κ1) is 11.0. The third-order valence-corrected chi connectivity index (χ3v) is 2.29. The molecular formula is C6H8BNO5S. The van der Waals surface area contributed by atoms with Crippen LogP contribution >= 0.6 is 0 Å². The van der Waals surface area contributed by atoms with Crippen molar-refractivity contribution in [2.45, 2.75) is 4.90 Å². The fourth-order valence-corrected chi connectivity index (χ4v) is 1.39. The van der Waals surface area contributed by atoms with E-state index < -0.39 is 17.3 Å². The van der Waals surface area contributed by atoms with Crippen molar-refractivity contribution in [3.05, 3.63) is 24.3 Å². The third kappa shape index (κ3) is 3.00. The van der Waals surface area contributed by atoms with Gasteiger partial charge in [0.1, 0.15) is 5.75 Å². The standard InChI is InChI=1S/C6H8BNO5S/c8-14(11,12)6-3-1-2-5(4-6)13-7(9)10/h1-4,9-10H,(H2,8,11,12). The molecule has 0 radical (unpaired) electrons. The van der Waals surface area contributed by atoms with Crippen LogP contribution in [0.15, 0.2) is 29.2 Å². The van der Waals surface area contributed by atoms with Gasteiger partial charge < -0.3 is 14.7 Å². The Bertz CT molecular complexity index is 418. The van der Waals surface area contributed by atoms with E-state index in [0.717, 1.165) is 6.07 Å². The number of primary sulfonamides is 1. The molecule has 0 aromatic heterocycles. The van der Waals surface area contributed by atoms with Crippen molar-refractivity contribution in [2.24, 2.45) is 5.14 Å². The van der Waals surface area contributed by atoms with Crippen molar-refractivity contribution < 1.29 is 23.1 Å². The minimum absolute atomic E-state index is 0.00604. The fraction of sp³-hybridized carbons (Fsp3) is 0. The smallest absolute Gasteiger partial charge is 0.512 e. The molecule has 1 rings (SSSR count). The van der Waals surface area contributed by atoms with Gasteiger partial charge >= 0.3 is 7.32 Å². The predicted molar refractivity (Wildman–Crippen MR) is 48.6 cm³/mol. The van der Waals surface area contributed by atoms with E-state index in [-0.39, 0.29) is 10.6 Å². The first-order chi connectivity index (χ1) is 6.39. The molecule has 1 aromatic rings. The molecule has 0 aliphatic carbocycles. The molecule has 0 saturated carbocycles. The molecule has 1 aromatic carbocycles. The van der Waals surface area contributed by atoms with Crippen LogP contribution in [0.5, 0.6) is 5.75 Å². The van der Waals surface area contributed by atoms with Gasteiger partial charge in [-0.3, -0.25) is 0 Å². The highest BCUT2D eigenvalue weighted by molar-refractivity contribution is 7.89. The summed E-state index contributed by atoms with van der Waals surface area (Å²) in [6, 6.07) is 5.10. The Morgan fingerprint density at radius 2 is 2.00 bits per heavy atom. The molecule has 0 aliphatic rings. The topological polar surface area (TPSA) is 110 Å². The lowest BCUT2D eigenvalue weighted by Crippen LogP contribution is -2.21. The van der Waals surface area contributed by atoms with Gasteiger partial charge in [-0.2, -0.15) is 0 Å². The molecule has 0 fully saturated rings. The van der Waals surface area contributed by atoms with Gasteiger partial charge in [-0.15, -0.1) is 0 Å². The summed E-state index contributed by atoms with van der Waals surface area (Å²) in [5, 5.41) is 21.8. The highest BCUT2D eigenvalue weighted by Gasteiger charge is 2.13. The van der Waals surface area contributed by atoms with Gasteiger partial charge in [-0.05, 0) is 18.2 Å². The molecule has 0 spiro atoms. The second kappa shape index (κ2) is 3.97. The Morgan fingerprint density at radius 1 is 1.36 bits per heavy atom. The van der Waals surface area contributed by atoms with E-state index in [0.29, 0.717) is 0 Å². The summed E-state index contributed by atoms with van der Waals surface area (Å²) in [6.07, 6.45) is 0. The van der Waals surface area contributed by atoms with Crippen LogP contribution in [0.3, 0.4) is 0 Å². The van der Waals surface area contributed by atoms with Gasteiger partial charge in [0.05, 0.1) is 4.90 Å². The predicted octanol–water partition coefficient (Wildman–Crippen LogP) is -1.32. The number of rotatable bonds is 3. The van der Waals surface area contributed by atoms with E-state index in [1.54, 1.807) is 0 Å². The second-order valence-electron chi connectivity index (χ2n) is 2.46. The molecule has 0 aliphatic heterocycles. The van der Waals surface area contributed by atoms with Gasteiger partial charge in [-0.1, -0.05) is 6.07 Å². The normalized spacial score (nSPS) is 11.1. The number of benzene rings is 1. The van der Waals surface area contributed by atoms with Gasteiger partial charge in [0.25, 0.3) is 0 Å². The third-order valence-electron chi connectivity index (χ3n) is 1.38. The zero-order chi connectivity index (χ0) is 10.8. The molecule has 6 nitrogen and oxygen atoms in total. The van der Waals surface area contributed by atoms with Crippen molar-refractivity contribution in [3.63, 3.8) is 0 Å².